The summed E-state index contributed by atoms with van der Waals surface area (Å²) in [5.41, 5.74) is 0. The van der Waals surface area contributed by atoms with Crippen LogP contribution in [0.15, 0.2) is 16.5 Å². The Hall–Kier alpha value is -1.58. The van der Waals surface area contributed by atoms with E-state index < -0.39 is 5.97 Å². The lowest BCUT2D eigenvalue weighted by molar-refractivity contribution is -0.139. The number of esters is 1. The van der Waals surface area contributed by atoms with Gasteiger partial charge in [0.05, 0.1) is 7.11 Å². The highest BCUT2D eigenvalue weighted by molar-refractivity contribution is 6.04. The largest absolute Gasteiger partial charge is 0.469 e. The highest BCUT2D eigenvalue weighted by Gasteiger charge is 2.37. The number of methoxy groups -OCH3 is 1. The lowest BCUT2D eigenvalue weighted by atomic mass is 10.2. The van der Waals surface area contributed by atoms with Crippen molar-refractivity contribution in [2.24, 2.45) is 5.92 Å². The van der Waals surface area contributed by atoms with Gasteiger partial charge in [0.25, 0.3) is 0 Å². The number of carbonyl (C=O) groups excluding carboxylic acids is 2. The van der Waals surface area contributed by atoms with E-state index in [4.69, 9.17) is 4.42 Å². The van der Waals surface area contributed by atoms with Crippen molar-refractivity contribution >= 4 is 11.8 Å². The van der Waals surface area contributed by atoms with E-state index in [1.807, 2.05) is 6.07 Å². The molecule has 4 heteroatoms. The summed E-state index contributed by atoms with van der Waals surface area (Å²) < 4.78 is 9.85. The second-order valence-corrected chi connectivity index (χ2v) is 4.20. The molecule has 1 aromatic rings. The van der Waals surface area contributed by atoms with Gasteiger partial charge in [0.1, 0.15) is 12.2 Å². The molecule has 86 valence electrons. The molecule has 2 unspecified atom stereocenters. The number of ether oxygens (including phenoxy) is 1. The maximum Gasteiger partial charge on any atom is 0.313 e. The molecule has 1 fully saturated rings. The van der Waals surface area contributed by atoms with Gasteiger partial charge < -0.3 is 9.15 Å². The van der Waals surface area contributed by atoms with Crippen molar-refractivity contribution < 1.29 is 18.7 Å². The summed E-state index contributed by atoms with van der Waals surface area (Å²) in [5, 5.41) is 0. The number of Topliss-reactive ketones (excluding diaryl/α,β-unsaturated/α-hetero) is 1. The molecule has 2 atom stereocenters. The molecule has 1 aromatic heterocycles. The van der Waals surface area contributed by atoms with Gasteiger partial charge in [-0.3, -0.25) is 9.59 Å². The first-order valence-electron chi connectivity index (χ1n) is 5.31. The zero-order valence-electron chi connectivity index (χ0n) is 9.36. The Labute approximate surface area is 93.6 Å². The number of rotatable bonds is 4. The lowest BCUT2D eigenvalue weighted by Crippen LogP contribution is -2.08. The molecule has 1 aliphatic carbocycles. The van der Waals surface area contributed by atoms with Gasteiger partial charge in [0.2, 0.25) is 5.78 Å². The molecule has 16 heavy (non-hydrogen) atoms. The Morgan fingerprint density at radius 1 is 1.50 bits per heavy atom. The van der Waals surface area contributed by atoms with E-state index in [0.29, 0.717) is 11.8 Å². The molecule has 1 aliphatic rings. The van der Waals surface area contributed by atoms with Gasteiger partial charge in [0, 0.05) is 5.92 Å². The van der Waals surface area contributed by atoms with Gasteiger partial charge in [-0.1, -0.05) is 6.92 Å². The molecule has 2 rings (SSSR count). The Balaban J connectivity index is 2.01. The maximum absolute atomic E-state index is 11.6. The van der Waals surface area contributed by atoms with E-state index in [0.717, 1.165) is 12.2 Å². The number of carbonyl (C=O) groups is 2. The Morgan fingerprint density at radius 2 is 2.19 bits per heavy atom. The smallest absolute Gasteiger partial charge is 0.313 e. The van der Waals surface area contributed by atoms with Gasteiger partial charge in [0.15, 0.2) is 5.76 Å². The summed E-state index contributed by atoms with van der Waals surface area (Å²) in [6.45, 7) is 2.14. The fraction of sp³-hybridized carbons (Fsp3) is 0.500. The zero-order valence-corrected chi connectivity index (χ0v) is 9.36. The summed E-state index contributed by atoms with van der Waals surface area (Å²) in [7, 11) is 1.26. The van der Waals surface area contributed by atoms with E-state index >= 15 is 0 Å². The van der Waals surface area contributed by atoms with Crippen molar-refractivity contribution in [2.75, 3.05) is 7.11 Å². The van der Waals surface area contributed by atoms with E-state index in [2.05, 4.69) is 11.7 Å². The van der Waals surface area contributed by atoms with E-state index in [-0.39, 0.29) is 18.0 Å². The van der Waals surface area contributed by atoms with Crippen LogP contribution in [0.5, 0.6) is 0 Å². The number of hydrogen-bond acceptors (Lipinski definition) is 4. The predicted octanol–water partition coefficient (Wildman–Crippen LogP) is 2.15. The summed E-state index contributed by atoms with van der Waals surface area (Å²) in [6, 6.07) is 3.45. The van der Waals surface area contributed by atoms with Gasteiger partial charge in [-0.2, -0.15) is 0 Å². The van der Waals surface area contributed by atoms with Crippen LogP contribution < -0.4 is 0 Å². The number of furan rings is 1. The normalized spacial score (nSPS) is 22.9. The summed E-state index contributed by atoms with van der Waals surface area (Å²) in [6.07, 6.45) is 0.849. The van der Waals surface area contributed by atoms with Crippen molar-refractivity contribution in [2.45, 2.75) is 25.7 Å². The van der Waals surface area contributed by atoms with Gasteiger partial charge in [-0.25, -0.2) is 0 Å². The van der Waals surface area contributed by atoms with Crippen LogP contribution in [0.4, 0.5) is 0 Å². The molecule has 0 N–H and O–H groups in total. The van der Waals surface area contributed by atoms with E-state index in [1.54, 1.807) is 6.07 Å². The number of ketones is 1. The molecular weight excluding hydrogens is 208 g/mol. The van der Waals surface area contributed by atoms with Gasteiger partial charge in [-0.15, -0.1) is 0 Å². The molecular formula is C12H14O4. The molecule has 0 aliphatic heterocycles. The molecule has 1 saturated carbocycles. The summed E-state index contributed by atoms with van der Waals surface area (Å²) in [5.74, 6) is 1.31. The first-order valence-corrected chi connectivity index (χ1v) is 5.31. The third kappa shape index (κ3) is 2.15. The van der Waals surface area contributed by atoms with Crippen LogP contribution >= 0.6 is 0 Å². The van der Waals surface area contributed by atoms with Crippen LogP contribution in [0.2, 0.25) is 0 Å². The third-order valence-corrected chi connectivity index (χ3v) is 2.91. The minimum absolute atomic E-state index is 0.250. The molecule has 0 radical (unpaired) electrons. The average molecular weight is 222 g/mol. The fourth-order valence-corrected chi connectivity index (χ4v) is 1.71. The van der Waals surface area contributed by atoms with Crippen LogP contribution in [0, 0.1) is 5.92 Å². The molecule has 0 spiro atoms. The highest BCUT2D eigenvalue weighted by Crippen LogP contribution is 2.47. The Bertz CT molecular complexity index is 418. The van der Waals surface area contributed by atoms with Crippen molar-refractivity contribution in [1.82, 2.24) is 0 Å². The van der Waals surface area contributed by atoms with Crippen molar-refractivity contribution in [3.63, 3.8) is 0 Å². The highest BCUT2D eigenvalue weighted by atomic mass is 16.5. The average Bonchev–Trinajstić information content (AvgIpc) is 2.82. The number of hydrogen-bond donors (Lipinski definition) is 0. The molecule has 1 heterocycles. The second-order valence-electron chi connectivity index (χ2n) is 4.20. The topological polar surface area (TPSA) is 56.5 Å². The van der Waals surface area contributed by atoms with Crippen LogP contribution in [0.1, 0.15) is 42.0 Å². The second kappa shape index (κ2) is 4.12. The van der Waals surface area contributed by atoms with Crippen LogP contribution in [0.3, 0.4) is 0 Å². The molecule has 0 amide bonds. The first kappa shape index (κ1) is 10.9. The molecule has 4 nitrogen and oxygen atoms in total. The van der Waals surface area contributed by atoms with Crippen molar-refractivity contribution in [3.8, 4) is 0 Å². The van der Waals surface area contributed by atoms with Crippen molar-refractivity contribution in [1.29, 1.82) is 0 Å². The zero-order chi connectivity index (χ0) is 11.7. The monoisotopic (exact) mass is 222 g/mol. The maximum atomic E-state index is 11.6. The molecule has 0 aromatic carbocycles. The van der Waals surface area contributed by atoms with Crippen LogP contribution in [0.25, 0.3) is 0 Å². The van der Waals surface area contributed by atoms with E-state index in [1.165, 1.54) is 7.11 Å². The molecule has 0 saturated heterocycles. The summed E-state index contributed by atoms with van der Waals surface area (Å²) in [4.78, 5) is 22.5. The minimum Gasteiger partial charge on any atom is -0.469 e. The van der Waals surface area contributed by atoms with E-state index in [9.17, 15) is 9.59 Å². The fourth-order valence-electron chi connectivity index (χ4n) is 1.71. The Morgan fingerprint density at radius 3 is 2.75 bits per heavy atom. The van der Waals surface area contributed by atoms with Crippen molar-refractivity contribution in [3.05, 3.63) is 23.7 Å². The van der Waals surface area contributed by atoms with Gasteiger partial charge in [-0.05, 0) is 24.5 Å². The lowest BCUT2D eigenvalue weighted by Gasteiger charge is -1.96. The summed E-state index contributed by atoms with van der Waals surface area (Å²) >= 11 is 0. The standard InChI is InChI=1S/C12H14O4/c1-7-5-8(7)10-3-4-11(16-10)9(13)6-12(14)15-2/h3-4,7-8H,5-6H2,1-2H3. The van der Waals surface area contributed by atoms with Gasteiger partial charge >= 0.3 is 5.97 Å². The minimum atomic E-state index is -0.539. The third-order valence-electron chi connectivity index (χ3n) is 2.91. The quantitative estimate of drug-likeness (QED) is 0.445. The Kier molecular flexibility index (Phi) is 2.81. The van der Waals surface area contributed by atoms with Crippen LogP contribution in [-0.4, -0.2) is 18.9 Å². The predicted molar refractivity (Wildman–Crippen MR) is 56.2 cm³/mol. The van der Waals surface area contributed by atoms with Crippen LogP contribution in [-0.2, 0) is 9.53 Å². The molecule has 0 bridgehead atoms. The SMILES string of the molecule is COC(=O)CC(=O)c1ccc(C2CC2C)o1. The first-order chi connectivity index (χ1) is 7.61.